The molecule has 0 aliphatic carbocycles. The van der Waals surface area contributed by atoms with Crippen LogP contribution in [0.3, 0.4) is 0 Å². The van der Waals surface area contributed by atoms with Gasteiger partial charge in [0.15, 0.2) is 0 Å². The van der Waals surface area contributed by atoms with Gasteiger partial charge in [0.1, 0.15) is 0 Å². The normalized spacial score (nSPS) is 13.1. The summed E-state index contributed by atoms with van der Waals surface area (Å²) < 4.78 is 0. The minimum atomic E-state index is 0.256. The summed E-state index contributed by atoms with van der Waals surface area (Å²) in [4.78, 5) is 0. The van der Waals surface area contributed by atoms with Crippen molar-refractivity contribution in [1.82, 2.24) is 0 Å². The topological polar surface area (TPSA) is 0 Å². The molecule has 0 aliphatic heterocycles. The summed E-state index contributed by atoms with van der Waals surface area (Å²) in [5.74, 6) is 0.530. The van der Waals surface area contributed by atoms with Gasteiger partial charge in [0.05, 0.1) is 0 Å². The third kappa shape index (κ3) is 4.53. The van der Waals surface area contributed by atoms with E-state index in [1.54, 1.807) is 6.07 Å². The molecule has 1 aromatic carbocycles. The lowest BCUT2D eigenvalue weighted by molar-refractivity contribution is 0.547. The van der Waals surface area contributed by atoms with Crippen molar-refractivity contribution in [3.05, 3.63) is 33.8 Å². The minimum Gasteiger partial charge on any atom is -0.123 e. The summed E-state index contributed by atoms with van der Waals surface area (Å²) in [7, 11) is 0. The molecular formula is C13H17Cl3. The van der Waals surface area contributed by atoms with Gasteiger partial charge in [-0.05, 0) is 42.9 Å². The lowest BCUT2D eigenvalue weighted by Gasteiger charge is -2.13. The molecule has 1 atom stereocenters. The van der Waals surface area contributed by atoms with E-state index in [1.807, 2.05) is 12.1 Å². The molecule has 0 aromatic heterocycles. The first-order valence-electron chi connectivity index (χ1n) is 5.58. The number of hydrogen-bond acceptors (Lipinski definition) is 0. The molecule has 0 amide bonds. The first-order chi connectivity index (χ1) is 7.50. The van der Waals surface area contributed by atoms with Crippen LogP contribution in [0.5, 0.6) is 0 Å². The smallest absolute Gasteiger partial charge is 0.0452 e. The highest BCUT2D eigenvalue weighted by Gasteiger charge is 2.09. The Kier molecular flexibility index (Phi) is 5.96. The second kappa shape index (κ2) is 6.74. The molecule has 0 aliphatic rings. The summed E-state index contributed by atoms with van der Waals surface area (Å²) in [5, 5.41) is 1.69. The molecule has 0 saturated heterocycles. The number of halogens is 3. The average Bonchev–Trinajstić information content (AvgIpc) is 2.20. The third-order valence-electron chi connectivity index (χ3n) is 2.66. The fourth-order valence-electron chi connectivity index (χ4n) is 1.55. The van der Waals surface area contributed by atoms with Crippen LogP contribution in [0.2, 0.25) is 10.0 Å². The number of benzene rings is 1. The Morgan fingerprint density at radius 2 is 1.88 bits per heavy atom. The molecule has 3 heteroatoms. The van der Waals surface area contributed by atoms with E-state index in [9.17, 15) is 0 Å². The molecule has 0 spiro atoms. The number of rotatable bonds is 5. The lowest BCUT2D eigenvalue weighted by atomic mass is 10.0. The highest BCUT2D eigenvalue weighted by atomic mass is 35.5. The van der Waals surface area contributed by atoms with Gasteiger partial charge in [-0.1, -0.05) is 43.1 Å². The second-order valence-electron chi connectivity index (χ2n) is 4.39. The van der Waals surface area contributed by atoms with Crippen LogP contribution in [0.15, 0.2) is 18.2 Å². The summed E-state index contributed by atoms with van der Waals surface area (Å²) in [5.41, 5.74) is 1.15. The van der Waals surface area contributed by atoms with E-state index in [4.69, 9.17) is 34.8 Å². The van der Waals surface area contributed by atoms with Crippen molar-refractivity contribution in [2.45, 2.75) is 38.5 Å². The Balaban J connectivity index is 2.43. The molecule has 0 radical (unpaired) electrons. The van der Waals surface area contributed by atoms with Gasteiger partial charge < -0.3 is 0 Å². The van der Waals surface area contributed by atoms with Gasteiger partial charge in [0.2, 0.25) is 0 Å². The Labute approximate surface area is 113 Å². The average molecular weight is 280 g/mol. The van der Waals surface area contributed by atoms with Crippen molar-refractivity contribution in [1.29, 1.82) is 0 Å². The number of alkyl halides is 1. The molecule has 0 N–H and O–H groups in total. The van der Waals surface area contributed by atoms with Crippen molar-refractivity contribution < 1.29 is 0 Å². The van der Waals surface area contributed by atoms with E-state index >= 15 is 0 Å². The second-order valence-corrected chi connectivity index (χ2v) is 5.79. The first kappa shape index (κ1) is 14.2. The van der Waals surface area contributed by atoms with Gasteiger partial charge >= 0.3 is 0 Å². The maximum absolute atomic E-state index is 6.19. The third-order valence-corrected chi connectivity index (χ3v) is 3.97. The van der Waals surface area contributed by atoms with Crippen LogP contribution in [0.1, 0.15) is 32.3 Å². The molecule has 0 heterocycles. The van der Waals surface area contributed by atoms with Gasteiger partial charge in [-0.2, -0.15) is 0 Å². The Hall–Kier alpha value is 0.0900. The SMILES string of the molecule is CC(C)C(Cl)CCCc1ccc(Cl)cc1Cl. The van der Waals surface area contributed by atoms with Crippen LogP contribution >= 0.6 is 34.8 Å². The Bertz CT molecular complexity index is 334. The van der Waals surface area contributed by atoms with E-state index in [0.717, 1.165) is 29.8 Å². The van der Waals surface area contributed by atoms with Crippen molar-refractivity contribution in [3.8, 4) is 0 Å². The molecule has 1 rings (SSSR count). The molecule has 1 unspecified atom stereocenters. The molecule has 0 bridgehead atoms. The molecule has 16 heavy (non-hydrogen) atoms. The van der Waals surface area contributed by atoms with Crippen LogP contribution < -0.4 is 0 Å². The van der Waals surface area contributed by atoms with Crippen molar-refractivity contribution in [2.75, 3.05) is 0 Å². The maximum atomic E-state index is 6.19. The van der Waals surface area contributed by atoms with Gasteiger partial charge in [0.25, 0.3) is 0 Å². The predicted molar refractivity (Wildman–Crippen MR) is 73.9 cm³/mol. The molecule has 0 saturated carbocycles. The molecule has 0 nitrogen and oxygen atoms in total. The van der Waals surface area contributed by atoms with Crippen molar-refractivity contribution in [2.24, 2.45) is 5.92 Å². The zero-order valence-corrected chi connectivity index (χ0v) is 11.9. The lowest BCUT2D eigenvalue weighted by Crippen LogP contribution is -2.07. The van der Waals surface area contributed by atoms with E-state index in [0.29, 0.717) is 10.9 Å². The van der Waals surface area contributed by atoms with Crippen LogP contribution in [0.25, 0.3) is 0 Å². The summed E-state index contributed by atoms with van der Waals surface area (Å²) in [6.07, 6.45) is 3.05. The molecular weight excluding hydrogens is 263 g/mol. The Morgan fingerprint density at radius 3 is 2.44 bits per heavy atom. The van der Waals surface area contributed by atoms with Gasteiger partial charge in [-0.15, -0.1) is 11.6 Å². The fourth-order valence-corrected chi connectivity index (χ4v) is 2.20. The van der Waals surface area contributed by atoms with E-state index in [2.05, 4.69) is 13.8 Å². The number of hydrogen-bond donors (Lipinski definition) is 0. The maximum Gasteiger partial charge on any atom is 0.0452 e. The first-order valence-corrected chi connectivity index (χ1v) is 6.78. The van der Waals surface area contributed by atoms with Crippen LogP contribution in [0.4, 0.5) is 0 Å². The summed E-state index contributed by atoms with van der Waals surface area (Å²) >= 11 is 18.1. The summed E-state index contributed by atoms with van der Waals surface area (Å²) in [6, 6.07) is 5.66. The number of aryl methyl sites for hydroxylation is 1. The molecule has 90 valence electrons. The predicted octanol–water partition coefficient (Wildman–Crippen LogP) is 5.58. The van der Waals surface area contributed by atoms with Crippen LogP contribution in [0, 0.1) is 5.92 Å². The Morgan fingerprint density at radius 1 is 1.19 bits per heavy atom. The van der Waals surface area contributed by atoms with Crippen molar-refractivity contribution in [3.63, 3.8) is 0 Å². The van der Waals surface area contributed by atoms with E-state index in [-0.39, 0.29) is 5.38 Å². The zero-order valence-electron chi connectivity index (χ0n) is 9.64. The standard InChI is InChI=1S/C13H17Cl3/c1-9(2)12(15)5-3-4-10-6-7-11(14)8-13(10)16/h6-9,12H,3-5H2,1-2H3. The minimum absolute atomic E-state index is 0.256. The largest absolute Gasteiger partial charge is 0.123 e. The van der Waals surface area contributed by atoms with E-state index in [1.165, 1.54) is 0 Å². The molecule has 0 fully saturated rings. The van der Waals surface area contributed by atoms with Crippen LogP contribution in [-0.2, 0) is 6.42 Å². The highest BCUT2D eigenvalue weighted by Crippen LogP contribution is 2.24. The van der Waals surface area contributed by atoms with Gasteiger partial charge in [0, 0.05) is 15.4 Å². The fraction of sp³-hybridized carbons (Fsp3) is 0.538. The molecule has 1 aromatic rings. The van der Waals surface area contributed by atoms with Gasteiger partial charge in [-0.25, -0.2) is 0 Å². The van der Waals surface area contributed by atoms with E-state index < -0.39 is 0 Å². The van der Waals surface area contributed by atoms with Crippen molar-refractivity contribution >= 4 is 34.8 Å². The van der Waals surface area contributed by atoms with Gasteiger partial charge in [-0.3, -0.25) is 0 Å². The monoisotopic (exact) mass is 278 g/mol. The summed E-state index contributed by atoms with van der Waals surface area (Å²) in [6.45, 7) is 4.29. The van der Waals surface area contributed by atoms with Crippen LogP contribution in [-0.4, -0.2) is 5.38 Å². The quantitative estimate of drug-likeness (QED) is 0.617. The zero-order chi connectivity index (χ0) is 12.1. The highest BCUT2D eigenvalue weighted by molar-refractivity contribution is 6.35.